The first kappa shape index (κ1) is 22.2. The summed E-state index contributed by atoms with van der Waals surface area (Å²) in [6.07, 6.45) is -4.49. The second-order valence-corrected chi connectivity index (χ2v) is 8.70. The van der Waals surface area contributed by atoms with Crippen molar-refractivity contribution in [3.05, 3.63) is 58.5 Å². The van der Waals surface area contributed by atoms with Crippen LogP contribution in [0.3, 0.4) is 0 Å². The largest absolute Gasteiger partial charge is 0.417 e. The first-order valence-electron chi connectivity index (χ1n) is 9.66. The van der Waals surface area contributed by atoms with E-state index in [1.807, 2.05) is 0 Å². The van der Waals surface area contributed by atoms with Crippen LogP contribution in [-0.4, -0.2) is 36.2 Å². The number of nitrogens with zero attached hydrogens (tertiary/aromatic N) is 1. The molecule has 1 saturated heterocycles. The Morgan fingerprint density at radius 1 is 1.12 bits per heavy atom. The number of hydrogen-bond donors (Lipinski definition) is 1. The van der Waals surface area contributed by atoms with Crippen LogP contribution in [0, 0.1) is 0 Å². The van der Waals surface area contributed by atoms with Crippen molar-refractivity contribution < 1.29 is 31.5 Å². The molecule has 1 fully saturated rings. The minimum Gasteiger partial charge on any atom is -0.354 e. The highest BCUT2D eigenvalue weighted by molar-refractivity contribution is 7.19. The van der Waals surface area contributed by atoms with Crippen molar-refractivity contribution >= 4 is 33.7 Å². The zero-order valence-corrected chi connectivity index (χ0v) is 17.3. The maximum Gasteiger partial charge on any atom is 0.417 e. The summed E-state index contributed by atoms with van der Waals surface area (Å²) in [7, 11) is 0. The van der Waals surface area contributed by atoms with Crippen molar-refractivity contribution in [2.24, 2.45) is 0 Å². The molecule has 2 amide bonds. The fourth-order valence-corrected chi connectivity index (χ4v) is 4.83. The molecule has 0 atom stereocenters. The monoisotopic (exact) mass is 468 g/mol. The predicted molar refractivity (Wildman–Crippen MR) is 111 cm³/mol. The summed E-state index contributed by atoms with van der Waals surface area (Å²) in [5, 5.41) is 2.83. The number of thiophene rings is 1. The minimum absolute atomic E-state index is 0.0430. The molecule has 0 bridgehead atoms. The molecule has 4 rings (SSSR count). The van der Waals surface area contributed by atoms with Gasteiger partial charge in [0.25, 0.3) is 11.8 Å². The van der Waals surface area contributed by atoms with Crippen molar-refractivity contribution in [2.45, 2.75) is 25.1 Å². The summed E-state index contributed by atoms with van der Waals surface area (Å²) in [4.78, 5) is 24.6. The zero-order valence-electron chi connectivity index (χ0n) is 16.5. The third kappa shape index (κ3) is 4.45. The Morgan fingerprint density at radius 2 is 1.84 bits per heavy atom. The summed E-state index contributed by atoms with van der Waals surface area (Å²) in [6.45, 7) is -0.556. The van der Waals surface area contributed by atoms with E-state index in [4.69, 9.17) is 0 Å². The number of amides is 2. The number of hydrogen-bond acceptors (Lipinski definition) is 3. The Kier molecular flexibility index (Phi) is 5.66. The number of halogens is 5. The number of carbonyl (C=O) groups is 2. The van der Waals surface area contributed by atoms with Crippen LogP contribution in [-0.2, 0) is 17.5 Å². The van der Waals surface area contributed by atoms with Crippen LogP contribution in [0.2, 0.25) is 0 Å². The van der Waals surface area contributed by atoms with Crippen LogP contribution in [0.15, 0.2) is 42.5 Å². The Labute approximate surface area is 183 Å². The second-order valence-electron chi connectivity index (χ2n) is 7.56. The molecule has 1 N–H and O–H groups in total. The molecule has 1 aliphatic heterocycles. The van der Waals surface area contributed by atoms with E-state index in [-0.39, 0.29) is 29.8 Å². The van der Waals surface area contributed by atoms with Gasteiger partial charge in [0, 0.05) is 28.1 Å². The van der Waals surface area contributed by atoms with Crippen LogP contribution in [0.25, 0.3) is 21.2 Å². The molecule has 168 valence electrons. The topological polar surface area (TPSA) is 49.4 Å². The maximum atomic E-state index is 13.7. The van der Waals surface area contributed by atoms with Crippen LogP contribution >= 0.6 is 11.3 Å². The van der Waals surface area contributed by atoms with Crippen molar-refractivity contribution in [1.82, 2.24) is 10.2 Å². The molecule has 0 radical (unpaired) electrons. The molecule has 0 spiro atoms. The fraction of sp³-hybridized carbons (Fsp3) is 0.273. The number of benzene rings is 2. The summed E-state index contributed by atoms with van der Waals surface area (Å²) in [5.41, 5.74) is 0.178. The summed E-state index contributed by atoms with van der Waals surface area (Å²) in [5.74, 6) is -3.44. The minimum atomic E-state index is -4.58. The molecular weight excluding hydrogens is 451 g/mol. The lowest BCUT2D eigenvalue weighted by Crippen LogP contribution is -2.31. The predicted octanol–water partition coefficient (Wildman–Crippen LogP) is 5.31. The maximum absolute atomic E-state index is 13.7. The van der Waals surface area contributed by atoms with Gasteiger partial charge in [0.1, 0.15) is 0 Å². The highest BCUT2D eigenvalue weighted by atomic mass is 32.1. The second kappa shape index (κ2) is 8.16. The van der Waals surface area contributed by atoms with E-state index in [0.717, 1.165) is 22.3 Å². The molecule has 0 unspecified atom stereocenters. The highest BCUT2D eigenvalue weighted by Gasteiger charge is 2.40. The number of likely N-dealkylation sites (tertiary alicyclic amines) is 1. The lowest BCUT2D eigenvalue weighted by Gasteiger charge is -2.16. The molecule has 0 saturated carbocycles. The number of rotatable bonds is 5. The molecular formula is C22H17F5N2O2S. The lowest BCUT2D eigenvalue weighted by atomic mass is 9.99. The normalized spacial score (nSPS) is 15.8. The van der Waals surface area contributed by atoms with Gasteiger partial charge in [0.15, 0.2) is 0 Å². The molecule has 10 heteroatoms. The van der Waals surface area contributed by atoms with Gasteiger partial charge >= 0.3 is 6.18 Å². The number of nitrogens with one attached hydrogen (secondary N) is 1. The SMILES string of the molecule is O=CNCc1cc2cc(-c3ccc(C(=O)N4CCC(F)(F)C4)cc3)cc(C(F)(F)F)c2s1. The van der Waals surface area contributed by atoms with Gasteiger partial charge < -0.3 is 10.2 Å². The van der Waals surface area contributed by atoms with Gasteiger partial charge in [0.05, 0.1) is 18.7 Å². The third-order valence-corrected chi connectivity index (χ3v) is 6.44. The van der Waals surface area contributed by atoms with Crippen LogP contribution in [0.4, 0.5) is 22.0 Å². The number of alkyl halides is 5. The van der Waals surface area contributed by atoms with Gasteiger partial charge in [-0.25, -0.2) is 8.78 Å². The van der Waals surface area contributed by atoms with Crippen molar-refractivity contribution in [3.63, 3.8) is 0 Å². The van der Waals surface area contributed by atoms with Gasteiger partial charge in [-0.05, 0) is 46.8 Å². The Balaban J connectivity index is 1.67. The number of carbonyl (C=O) groups excluding carboxylic acids is 2. The van der Waals surface area contributed by atoms with E-state index in [1.54, 1.807) is 12.1 Å². The molecule has 32 heavy (non-hydrogen) atoms. The number of fused-ring (bicyclic) bond motifs is 1. The lowest BCUT2D eigenvalue weighted by molar-refractivity contribution is -0.136. The molecule has 2 aromatic carbocycles. The molecule has 2 heterocycles. The standard InChI is InChI=1S/C22H17F5N2O2S/c23-21(24)5-6-29(11-21)20(31)14-3-1-13(2-4-14)15-7-16-8-17(10-28-12-30)32-19(16)18(9-15)22(25,26)27/h1-4,7-9,12H,5-6,10-11H2,(H,28,30). The Morgan fingerprint density at radius 3 is 2.44 bits per heavy atom. The van der Waals surface area contributed by atoms with Gasteiger partial charge in [-0.15, -0.1) is 11.3 Å². The zero-order chi connectivity index (χ0) is 23.1. The molecule has 1 aliphatic rings. The van der Waals surface area contributed by atoms with Gasteiger partial charge in [-0.2, -0.15) is 13.2 Å². The molecule has 1 aromatic heterocycles. The molecule has 4 nitrogen and oxygen atoms in total. The Hall–Kier alpha value is -3.01. The van der Waals surface area contributed by atoms with Gasteiger partial charge in [0.2, 0.25) is 6.41 Å². The summed E-state index contributed by atoms with van der Waals surface area (Å²) < 4.78 is 68.0. The van der Waals surface area contributed by atoms with Gasteiger partial charge in [-0.1, -0.05) is 12.1 Å². The van der Waals surface area contributed by atoms with E-state index in [9.17, 15) is 31.5 Å². The summed E-state index contributed by atoms with van der Waals surface area (Å²) in [6, 6.07) is 10.1. The van der Waals surface area contributed by atoms with E-state index in [0.29, 0.717) is 27.8 Å². The van der Waals surface area contributed by atoms with Gasteiger partial charge in [-0.3, -0.25) is 9.59 Å². The van der Waals surface area contributed by atoms with E-state index >= 15 is 0 Å². The third-order valence-electron chi connectivity index (χ3n) is 5.25. The highest BCUT2D eigenvalue weighted by Crippen LogP contribution is 2.41. The first-order chi connectivity index (χ1) is 15.1. The van der Waals surface area contributed by atoms with Crippen LogP contribution in [0.1, 0.15) is 27.2 Å². The smallest absolute Gasteiger partial charge is 0.354 e. The fourth-order valence-electron chi connectivity index (χ4n) is 3.71. The Bertz CT molecular complexity index is 1170. The quantitative estimate of drug-likeness (QED) is 0.407. The average Bonchev–Trinajstić information content (AvgIpc) is 3.32. The van der Waals surface area contributed by atoms with E-state index in [1.165, 1.54) is 24.3 Å². The molecule has 0 aliphatic carbocycles. The van der Waals surface area contributed by atoms with E-state index < -0.39 is 30.1 Å². The molecule has 3 aromatic rings. The van der Waals surface area contributed by atoms with Crippen LogP contribution < -0.4 is 5.32 Å². The van der Waals surface area contributed by atoms with Crippen molar-refractivity contribution in [3.8, 4) is 11.1 Å². The first-order valence-corrected chi connectivity index (χ1v) is 10.5. The summed E-state index contributed by atoms with van der Waals surface area (Å²) >= 11 is 0.962. The van der Waals surface area contributed by atoms with Crippen LogP contribution in [0.5, 0.6) is 0 Å². The average molecular weight is 468 g/mol. The van der Waals surface area contributed by atoms with Crippen molar-refractivity contribution in [1.29, 1.82) is 0 Å². The van der Waals surface area contributed by atoms with E-state index in [2.05, 4.69) is 5.32 Å². The van der Waals surface area contributed by atoms with Crippen molar-refractivity contribution in [2.75, 3.05) is 13.1 Å².